The molecule has 1 aliphatic rings. The van der Waals surface area contributed by atoms with E-state index >= 15 is 0 Å². The quantitative estimate of drug-likeness (QED) is 0.327. The normalized spacial score (nSPS) is 15.3. The van der Waals surface area contributed by atoms with Crippen molar-refractivity contribution in [3.63, 3.8) is 0 Å². The molecule has 0 radical (unpaired) electrons. The zero-order valence-corrected chi connectivity index (χ0v) is 22.0. The lowest BCUT2D eigenvalue weighted by molar-refractivity contribution is 0.123. The van der Waals surface area contributed by atoms with Gasteiger partial charge in [-0.15, -0.1) is 0 Å². The summed E-state index contributed by atoms with van der Waals surface area (Å²) in [7, 11) is 0. The molecule has 1 saturated heterocycles. The first-order valence-electron chi connectivity index (χ1n) is 13.3. The lowest BCUT2D eigenvalue weighted by Crippen LogP contribution is -2.48. The topological polar surface area (TPSA) is 73.2 Å². The molecular formula is C31H34N6O. The second kappa shape index (κ2) is 10.4. The van der Waals surface area contributed by atoms with Crippen LogP contribution in [0.4, 0.5) is 5.69 Å². The summed E-state index contributed by atoms with van der Waals surface area (Å²) in [5, 5.41) is 15.4. The summed E-state index contributed by atoms with van der Waals surface area (Å²) in [4.78, 5) is 12.8. The summed E-state index contributed by atoms with van der Waals surface area (Å²) in [6.07, 6.45) is 7.72. The highest BCUT2D eigenvalue weighted by Crippen LogP contribution is 2.31. The zero-order chi connectivity index (χ0) is 26.1. The van der Waals surface area contributed by atoms with Gasteiger partial charge in [-0.2, -0.15) is 5.10 Å². The van der Waals surface area contributed by atoms with Crippen LogP contribution < -0.4 is 4.90 Å². The summed E-state index contributed by atoms with van der Waals surface area (Å²) >= 11 is 0. The first kappa shape index (κ1) is 24.4. The van der Waals surface area contributed by atoms with Crippen molar-refractivity contribution in [3.8, 4) is 22.3 Å². The number of rotatable bonds is 7. The van der Waals surface area contributed by atoms with E-state index in [0.29, 0.717) is 0 Å². The van der Waals surface area contributed by atoms with Crippen molar-refractivity contribution < 1.29 is 5.11 Å². The third-order valence-electron chi connectivity index (χ3n) is 7.36. The largest absolute Gasteiger partial charge is 0.392 e. The number of fused-ring (bicyclic) bond motifs is 1. The van der Waals surface area contributed by atoms with Gasteiger partial charge in [0.25, 0.3) is 0 Å². The Morgan fingerprint density at radius 1 is 0.947 bits per heavy atom. The van der Waals surface area contributed by atoms with Gasteiger partial charge in [-0.3, -0.25) is 9.58 Å². The van der Waals surface area contributed by atoms with E-state index in [0.717, 1.165) is 72.6 Å². The number of aromatic nitrogens is 4. The summed E-state index contributed by atoms with van der Waals surface area (Å²) in [6.45, 7) is 9.37. The van der Waals surface area contributed by atoms with E-state index in [1.807, 2.05) is 30.2 Å². The second-order valence-electron chi connectivity index (χ2n) is 10.4. The molecule has 0 aliphatic carbocycles. The van der Waals surface area contributed by atoms with E-state index in [2.05, 4.69) is 87.6 Å². The van der Waals surface area contributed by atoms with Crippen molar-refractivity contribution in [2.45, 2.75) is 26.5 Å². The second-order valence-corrected chi connectivity index (χ2v) is 10.4. The summed E-state index contributed by atoms with van der Waals surface area (Å²) in [6, 6.07) is 19.5. The first-order chi connectivity index (χ1) is 18.5. The standard InChI is InChI=1S/C31H34N6O/c1-22-4-3-5-24(14-22)20-37-21-27(17-34-37)30-18-33-31-29(30)15-26(16-32-31)25-6-8-28(9-7-25)36-12-10-35(11-13-36)19-23(2)38/h3-9,14-18,21,23,38H,10-13,19-20H2,1-2H3,(H,32,33)/t23-/m0/s1. The van der Waals surface area contributed by atoms with Crippen molar-refractivity contribution in [2.75, 3.05) is 37.6 Å². The Hall–Kier alpha value is -3.94. The Morgan fingerprint density at radius 2 is 1.76 bits per heavy atom. The predicted octanol–water partition coefficient (Wildman–Crippen LogP) is 4.95. The van der Waals surface area contributed by atoms with Gasteiger partial charge in [0.2, 0.25) is 0 Å². The van der Waals surface area contributed by atoms with Crippen molar-refractivity contribution in [2.24, 2.45) is 0 Å². The molecule has 4 heterocycles. The smallest absolute Gasteiger partial charge is 0.137 e. The van der Waals surface area contributed by atoms with Crippen LogP contribution in [0, 0.1) is 6.92 Å². The van der Waals surface area contributed by atoms with Crippen LogP contribution in [-0.4, -0.2) is 68.6 Å². The number of benzene rings is 2. The van der Waals surface area contributed by atoms with Gasteiger partial charge >= 0.3 is 0 Å². The highest BCUT2D eigenvalue weighted by atomic mass is 16.3. The molecule has 0 saturated carbocycles. The molecule has 0 amide bonds. The number of pyridine rings is 1. The maximum atomic E-state index is 9.66. The van der Waals surface area contributed by atoms with Crippen molar-refractivity contribution in [3.05, 3.63) is 90.5 Å². The molecule has 0 bridgehead atoms. The average Bonchev–Trinajstić information content (AvgIpc) is 3.55. The van der Waals surface area contributed by atoms with Gasteiger partial charge < -0.3 is 15.0 Å². The monoisotopic (exact) mass is 506 g/mol. The number of β-amino-alcohol motifs (C(OH)–C–C–N with tert-alkyl or cyclic N) is 1. The minimum absolute atomic E-state index is 0.276. The van der Waals surface area contributed by atoms with Gasteiger partial charge in [-0.1, -0.05) is 42.0 Å². The van der Waals surface area contributed by atoms with Crippen LogP contribution in [0.2, 0.25) is 0 Å². The highest BCUT2D eigenvalue weighted by Gasteiger charge is 2.18. The maximum absolute atomic E-state index is 9.66. The fraction of sp³-hybridized carbons (Fsp3) is 0.290. The number of hydrogen-bond donors (Lipinski definition) is 2. The third kappa shape index (κ3) is 5.21. The number of hydrogen-bond acceptors (Lipinski definition) is 5. The molecule has 194 valence electrons. The number of aromatic amines is 1. The Balaban J connectivity index is 1.19. The summed E-state index contributed by atoms with van der Waals surface area (Å²) in [5.74, 6) is 0. The minimum atomic E-state index is -0.276. The molecule has 38 heavy (non-hydrogen) atoms. The van der Waals surface area contributed by atoms with Crippen molar-refractivity contribution >= 4 is 16.7 Å². The summed E-state index contributed by atoms with van der Waals surface area (Å²) < 4.78 is 1.99. The Labute approximate surface area is 223 Å². The number of aryl methyl sites for hydroxylation is 1. The van der Waals surface area contributed by atoms with Crippen molar-refractivity contribution in [1.29, 1.82) is 0 Å². The van der Waals surface area contributed by atoms with Gasteiger partial charge in [0, 0.05) is 79.1 Å². The van der Waals surface area contributed by atoms with Crippen LogP contribution in [0.1, 0.15) is 18.1 Å². The van der Waals surface area contributed by atoms with E-state index < -0.39 is 0 Å². The molecule has 7 nitrogen and oxygen atoms in total. The van der Waals surface area contributed by atoms with Gasteiger partial charge in [0.05, 0.1) is 18.8 Å². The Kier molecular flexibility index (Phi) is 6.70. The lowest BCUT2D eigenvalue weighted by atomic mass is 10.0. The van der Waals surface area contributed by atoms with E-state index in [-0.39, 0.29) is 6.10 Å². The first-order valence-corrected chi connectivity index (χ1v) is 13.3. The predicted molar refractivity (Wildman–Crippen MR) is 153 cm³/mol. The molecule has 1 atom stereocenters. The van der Waals surface area contributed by atoms with Crippen LogP contribution >= 0.6 is 0 Å². The zero-order valence-electron chi connectivity index (χ0n) is 22.0. The van der Waals surface area contributed by atoms with Gasteiger partial charge in [-0.25, -0.2) is 4.98 Å². The van der Waals surface area contributed by atoms with Crippen LogP contribution in [0.3, 0.4) is 0 Å². The van der Waals surface area contributed by atoms with Crippen LogP contribution in [0.25, 0.3) is 33.3 Å². The molecule has 2 aromatic carbocycles. The molecule has 0 spiro atoms. The van der Waals surface area contributed by atoms with E-state index in [9.17, 15) is 5.11 Å². The SMILES string of the molecule is Cc1cccc(Cn2cc(-c3c[nH]c4ncc(-c5ccc(N6CCN(C[C@H](C)O)CC6)cc5)cc34)cn2)c1. The molecular weight excluding hydrogens is 472 g/mol. The number of H-pyrrole nitrogens is 1. The highest BCUT2D eigenvalue weighted by molar-refractivity contribution is 5.95. The molecule has 7 heteroatoms. The number of anilines is 1. The fourth-order valence-electron chi connectivity index (χ4n) is 5.41. The Morgan fingerprint density at radius 3 is 2.53 bits per heavy atom. The number of piperazine rings is 1. The molecule has 1 fully saturated rings. The number of nitrogens with zero attached hydrogens (tertiary/aromatic N) is 5. The van der Waals surface area contributed by atoms with Crippen LogP contribution in [0.5, 0.6) is 0 Å². The molecule has 3 aromatic heterocycles. The lowest BCUT2D eigenvalue weighted by Gasteiger charge is -2.36. The summed E-state index contributed by atoms with van der Waals surface area (Å²) in [5.41, 5.74) is 9.05. The fourth-order valence-corrected chi connectivity index (χ4v) is 5.41. The molecule has 6 rings (SSSR count). The number of aliphatic hydroxyl groups excluding tert-OH is 1. The Bertz CT molecular complexity index is 1530. The van der Waals surface area contributed by atoms with E-state index in [1.54, 1.807) is 0 Å². The molecule has 0 unspecified atom stereocenters. The van der Waals surface area contributed by atoms with Crippen LogP contribution in [-0.2, 0) is 6.54 Å². The average molecular weight is 507 g/mol. The third-order valence-corrected chi connectivity index (χ3v) is 7.36. The van der Waals surface area contributed by atoms with Crippen molar-refractivity contribution in [1.82, 2.24) is 24.6 Å². The van der Waals surface area contributed by atoms with E-state index in [4.69, 9.17) is 4.98 Å². The number of nitrogens with one attached hydrogen (secondary N) is 1. The molecule has 1 aliphatic heterocycles. The molecule has 5 aromatic rings. The minimum Gasteiger partial charge on any atom is -0.392 e. The van der Waals surface area contributed by atoms with Gasteiger partial charge in [0.15, 0.2) is 0 Å². The maximum Gasteiger partial charge on any atom is 0.137 e. The molecule has 2 N–H and O–H groups in total. The number of aliphatic hydroxyl groups is 1. The van der Waals surface area contributed by atoms with Gasteiger partial charge in [0.1, 0.15) is 5.65 Å². The van der Waals surface area contributed by atoms with E-state index in [1.165, 1.54) is 16.8 Å². The van der Waals surface area contributed by atoms with Crippen LogP contribution in [0.15, 0.2) is 79.4 Å². The van der Waals surface area contributed by atoms with Gasteiger partial charge in [-0.05, 0) is 43.2 Å².